The maximum absolute atomic E-state index is 12.6. The highest BCUT2D eigenvalue weighted by Gasteiger charge is 2.30. The molecule has 0 spiro atoms. The second-order valence-corrected chi connectivity index (χ2v) is 5.66. The van der Waals surface area contributed by atoms with Crippen LogP contribution in [0, 0.1) is 5.92 Å². The number of aliphatic hydroxyl groups is 1. The number of ether oxygens (including phenoxy) is 2. The van der Waals surface area contributed by atoms with Crippen LogP contribution in [-0.4, -0.2) is 31.0 Å². The van der Waals surface area contributed by atoms with Crippen LogP contribution in [0.1, 0.15) is 24.8 Å². The van der Waals surface area contributed by atoms with Crippen LogP contribution >= 0.6 is 0 Å². The summed E-state index contributed by atoms with van der Waals surface area (Å²) in [5.41, 5.74) is -0.742. The fourth-order valence-corrected chi connectivity index (χ4v) is 2.60. The normalized spacial score (nSPS) is 23.3. The first-order valence-electron chi connectivity index (χ1n) is 7.59. The minimum Gasteiger partial charge on any atom is -0.491 e. The van der Waals surface area contributed by atoms with Gasteiger partial charge in [0, 0.05) is 13.0 Å². The molecule has 3 atom stereocenters. The van der Waals surface area contributed by atoms with E-state index < -0.39 is 11.7 Å². The molecule has 23 heavy (non-hydrogen) atoms. The summed E-state index contributed by atoms with van der Waals surface area (Å²) in [4.78, 5) is 0. The predicted octanol–water partition coefficient (Wildman–Crippen LogP) is 3.82. The first kappa shape index (κ1) is 17.8. The van der Waals surface area contributed by atoms with Crippen LogP contribution in [0.2, 0.25) is 0 Å². The quantitative estimate of drug-likeness (QED) is 0.806. The van der Waals surface area contributed by atoms with Crippen LogP contribution in [0.15, 0.2) is 36.4 Å². The summed E-state index contributed by atoms with van der Waals surface area (Å²) in [7, 11) is 1.51. The van der Waals surface area contributed by atoms with Gasteiger partial charge < -0.3 is 14.6 Å². The van der Waals surface area contributed by atoms with Gasteiger partial charge in [0.1, 0.15) is 18.5 Å². The molecule has 1 aromatic carbocycles. The van der Waals surface area contributed by atoms with Crippen molar-refractivity contribution >= 4 is 0 Å². The van der Waals surface area contributed by atoms with Crippen molar-refractivity contribution in [3.63, 3.8) is 0 Å². The molecule has 0 aliphatic heterocycles. The molecule has 2 rings (SSSR count). The van der Waals surface area contributed by atoms with Crippen LogP contribution in [0.4, 0.5) is 13.2 Å². The monoisotopic (exact) mass is 330 g/mol. The number of hydrogen-bond donors (Lipinski definition) is 1. The summed E-state index contributed by atoms with van der Waals surface area (Å²) in [6, 6.07) is 4.76. The van der Waals surface area contributed by atoms with Gasteiger partial charge in [-0.15, -0.1) is 0 Å². The van der Waals surface area contributed by atoms with Crippen molar-refractivity contribution in [2.24, 2.45) is 5.92 Å². The van der Waals surface area contributed by atoms with Crippen molar-refractivity contribution in [3.05, 3.63) is 42.0 Å². The van der Waals surface area contributed by atoms with Gasteiger partial charge in [-0.05, 0) is 31.0 Å². The molecule has 0 saturated heterocycles. The summed E-state index contributed by atoms with van der Waals surface area (Å²) in [5.74, 6) is 0.261. The van der Waals surface area contributed by atoms with Crippen LogP contribution in [0.5, 0.6) is 5.75 Å². The van der Waals surface area contributed by atoms with E-state index in [1.807, 2.05) is 6.08 Å². The van der Waals surface area contributed by atoms with Crippen molar-refractivity contribution in [1.29, 1.82) is 0 Å². The first-order chi connectivity index (χ1) is 10.9. The largest absolute Gasteiger partial charge is 0.491 e. The van der Waals surface area contributed by atoms with Crippen molar-refractivity contribution in [2.45, 2.75) is 37.6 Å². The number of alkyl halides is 3. The Hall–Kier alpha value is -1.53. The van der Waals surface area contributed by atoms with Crippen molar-refractivity contribution in [3.8, 4) is 5.75 Å². The van der Waals surface area contributed by atoms with E-state index in [2.05, 4.69) is 0 Å². The van der Waals surface area contributed by atoms with Crippen LogP contribution in [0.3, 0.4) is 0 Å². The highest BCUT2D eigenvalue weighted by atomic mass is 19.4. The van der Waals surface area contributed by atoms with E-state index in [-0.39, 0.29) is 30.5 Å². The molecule has 0 aromatic heterocycles. The Labute approximate surface area is 133 Å². The molecule has 0 amide bonds. The summed E-state index contributed by atoms with van der Waals surface area (Å²) >= 11 is 0. The molecule has 1 aromatic rings. The smallest absolute Gasteiger partial charge is 0.416 e. The number of halogens is 3. The summed E-state index contributed by atoms with van der Waals surface area (Å²) in [6.45, 7) is 0.108. The molecule has 0 heterocycles. The number of benzene rings is 1. The Morgan fingerprint density at radius 1 is 1.35 bits per heavy atom. The lowest BCUT2D eigenvalue weighted by Gasteiger charge is -2.15. The van der Waals surface area contributed by atoms with Gasteiger partial charge in [0.15, 0.2) is 0 Å². The van der Waals surface area contributed by atoms with Crippen LogP contribution in [-0.2, 0) is 10.9 Å². The fraction of sp³-hybridized carbons (Fsp3) is 0.529. The first-order valence-corrected chi connectivity index (χ1v) is 7.59. The molecule has 6 heteroatoms. The molecule has 1 fully saturated rings. The maximum Gasteiger partial charge on any atom is 0.416 e. The lowest BCUT2D eigenvalue weighted by molar-refractivity contribution is -0.137. The minimum absolute atomic E-state index is 0.108. The number of hydrogen-bond acceptors (Lipinski definition) is 3. The number of methoxy groups -OCH3 is 1. The Bertz CT molecular complexity index is 528. The molecule has 1 unspecified atom stereocenters. The number of aliphatic hydroxyl groups excluding tert-OH is 1. The second-order valence-electron chi connectivity index (χ2n) is 5.66. The molecule has 0 radical (unpaired) electrons. The van der Waals surface area contributed by atoms with Gasteiger partial charge in [0.25, 0.3) is 0 Å². The van der Waals surface area contributed by atoms with Crippen molar-refractivity contribution in [1.82, 2.24) is 0 Å². The van der Waals surface area contributed by atoms with Crippen molar-refractivity contribution in [2.75, 3.05) is 13.7 Å². The third-order valence-corrected chi connectivity index (χ3v) is 3.98. The third kappa shape index (κ3) is 5.25. The average molecular weight is 330 g/mol. The molecule has 1 aliphatic carbocycles. The van der Waals surface area contributed by atoms with Gasteiger partial charge in [-0.25, -0.2) is 0 Å². The standard InChI is InChI=1S/C17H21F3O3/c1-22-15(9-8-12-4-2-7-16(12)21)11-23-14-6-3-5-13(10-14)17(18,19)20/h3,5-6,8-10,12,15-16,21H,2,4,7,11H2,1H3/b9-8+/t12?,15-,16-/m1/s1. The zero-order valence-corrected chi connectivity index (χ0v) is 12.9. The Morgan fingerprint density at radius 2 is 2.13 bits per heavy atom. The Morgan fingerprint density at radius 3 is 2.74 bits per heavy atom. The molecule has 1 aliphatic rings. The lowest BCUT2D eigenvalue weighted by atomic mass is 10.0. The summed E-state index contributed by atoms with van der Waals surface area (Å²) < 4.78 is 48.6. The zero-order valence-electron chi connectivity index (χ0n) is 12.9. The zero-order chi connectivity index (χ0) is 16.9. The SMILES string of the molecule is CO[C@H](/C=C/C1CCC[C@H]1O)COc1cccc(C(F)(F)F)c1. The summed E-state index contributed by atoms with van der Waals surface area (Å²) in [6.07, 6.45) is 1.34. The van der Waals surface area contributed by atoms with E-state index in [1.165, 1.54) is 19.2 Å². The molecule has 0 bridgehead atoms. The van der Waals surface area contributed by atoms with Gasteiger partial charge >= 0.3 is 6.18 Å². The predicted molar refractivity (Wildman–Crippen MR) is 80.2 cm³/mol. The van der Waals surface area contributed by atoms with E-state index >= 15 is 0 Å². The van der Waals surface area contributed by atoms with E-state index in [0.29, 0.717) is 0 Å². The lowest BCUT2D eigenvalue weighted by Crippen LogP contribution is -2.19. The van der Waals surface area contributed by atoms with Gasteiger partial charge in [-0.1, -0.05) is 24.6 Å². The van der Waals surface area contributed by atoms with Crippen LogP contribution in [0.25, 0.3) is 0 Å². The van der Waals surface area contributed by atoms with Crippen molar-refractivity contribution < 1.29 is 27.8 Å². The highest BCUT2D eigenvalue weighted by molar-refractivity contribution is 5.30. The van der Waals surface area contributed by atoms with Crippen LogP contribution < -0.4 is 4.74 Å². The van der Waals surface area contributed by atoms with E-state index in [1.54, 1.807) is 6.08 Å². The topological polar surface area (TPSA) is 38.7 Å². The Balaban J connectivity index is 1.91. The molecule has 3 nitrogen and oxygen atoms in total. The Kier molecular flexibility index (Phi) is 6.07. The van der Waals surface area contributed by atoms with Gasteiger partial charge in [0.2, 0.25) is 0 Å². The van der Waals surface area contributed by atoms with Gasteiger partial charge in [-0.2, -0.15) is 13.2 Å². The molecular weight excluding hydrogens is 309 g/mol. The molecule has 1 saturated carbocycles. The number of rotatable bonds is 6. The average Bonchev–Trinajstić information content (AvgIpc) is 2.92. The highest BCUT2D eigenvalue weighted by Crippen LogP contribution is 2.31. The fourth-order valence-electron chi connectivity index (χ4n) is 2.60. The minimum atomic E-state index is -4.39. The second kappa shape index (κ2) is 7.84. The molecular formula is C17H21F3O3. The molecule has 128 valence electrons. The van der Waals surface area contributed by atoms with E-state index in [0.717, 1.165) is 31.4 Å². The van der Waals surface area contributed by atoms with E-state index in [9.17, 15) is 18.3 Å². The molecule has 1 N–H and O–H groups in total. The third-order valence-electron chi connectivity index (χ3n) is 3.98. The van der Waals surface area contributed by atoms with E-state index in [4.69, 9.17) is 9.47 Å². The maximum atomic E-state index is 12.6. The van der Waals surface area contributed by atoms with Gasteiger partial charge in [0.05, 0.1) is 11.7 Å². The van der Waals surface area contributed by atoms with Gasteiger partial charge in [-0.3, -0.25) is 0 Å². The summed E-state index contributed by atoms with van der Waals surface area (Å²) in [5, 5.41) is 9.76.